The molecule has 2 heterocycles. The van der Waals surface area contributed by atoms with Crippen LogP contribution < -0.4 is 0 Å². The minimum absolute atomic E-state index is 0.563. The molecule has 0 bridgehead atoms. The van der Waals surface area contributed by atoms with Crippen LogP contribution in [0.25, 0.3) is 11.6 Å². The highest BCUT2D eigenvalue weighted by Crippen LogP contribution is 2.31. The quantitative estimate of drug-likeness (QED) is 0.746. The minimum Gasteiger partial charge on any atom is -0.460 e. The fourth-order valence-electron chi connectivity index (χ4n) is 2.10. The van der Waals surface area contributed by atoms with Crippen molar-refractivity contribution in [2.75, 3.05) is 0 Å². The van der Waals surface area contributed by atoms with Crippen LogP contribution in [-0.2, 0) is 12.8 Å². The molecule has 88 valence electrons. The van der Waals surface area contributed by atoms with Crippen molar-refractivity contribution in [2.24, 2.45) is 0 Å². The maximum atomic E-state index is 6.21. The molecule has 0 saturated heterocycles. The van der Waals surface area contributed by atoms with Gasteiger partial charge in [0.05, 0.1) is 10.7 Å². The molecule has 0 unspecified atom stereocenters. The molecule has 0 aliphatic heterocycles. The van der Waals surface area contributed by atoms with Crippen LogP contribution in [0.3, 0.4) is 0 Å². The predicted octanol–water partition coefficient (Wildman–Crippen LogP) is 4.03. The van der Waals surface area contributed by atoms with Gasteiger partial charge in [0.2, 0.25) is 0 Å². The van der Waals surface area contributed by atoms with E-state index in [2.05, 4.69) is 25.9 Å². The van der Waals surface area contributed by atoms with Crippen LogP contribution in [0.4, 0.5) is 0 Å². The van der Waals surface area contributed by atoms with Gasteiger partial charge < -0.3 is 4.42 Å². The number of nitrogens with zero attached hydrogens (tertiary/aromatic N) is 2. The number of fused-ring (bicyclic) bond motifs is 1. The van der Waals surface area contributed by atoms with Gasteiger partial charge >= 0.3 is 0 Å². The average Bonchev–Trinajstić information content (AvgIpc) is 2.75. The zero-order chi connectivity index (χ0) is 11.8. The maximum absolute atomic E-state index is 6.21. The van der Waals surface area contributed by atoms with Gasteiger partial charge in [-0.15, -0.1) is 0 Å². The lowest BCUT2D eigenvalue weighted by atomic mass is 9.97. The SMILES string of the molecule is Clc1nc(-c2occc2Br)nc2c1CCCC2. The van der Waals surface area contributed by atoms with Crippen LogP contribution in [0.5, 0.6) is 0 Å². The van der Waals surface area contributed by atoms with E-state index in [1.165, 1.54) is 12.8 Å². The van der Waals surface area contributed by atoms with E-state index >= 15 is 0 Å². The summed E-state index contributed by atoms with van der Waals surface area (Å²) in [7, 11) is 0. The molecule has 5 heteroatoms. The van der Waals surface area contributed by atoms with Gasteiger partial charge in [-0.25, -0.2) is 9.97 Å². The third-order valence-electron chi connectivity index (χ3n) is 2.95. The normalized spacial score (nSPS) is 14.7. The van der Waals surface area contributed by atoms with E-state index in [0.717, 1.165) is 28.6 Å². The van der Waals surface area contributed by atoms with Crippen LogP contribution in [0.2, 0.25) is 5.15 Å². The Morgan fingerprint density at radius 2 is 2.06 bits per heavy atom. The second kappa shape index (κ2) is 4.42. The van der Waals surface area contributed by atoms with Crippen LogP contribution in [-0.4, -0.2) is 9.97 Å². The van der Waals surface area contributed by atoms with Gasteiger partial charge in [-0.2, -0.15) is 0 Å². The van der Waals surface area contributed by atoms with Crippen molar-refractivity contribution in [1.82, 2.24) is 9.97 Å². The molecular weight excluding hydrogens is 304 g/mol. The Balaban J connectivity index is 2.14. The summed E-state index contributed by atoms with van der Waals surface area (Å²) < 4.78 is 6.22. The summed E-state index contributed by atoms with van der Waals surface area (Å²) in [5.74, 6) is 1.20. The zero-order valence-electron chi connectivity index (χ0n) is 9.04. The molecule has 1 aliphatic carbocycles. The van der Waals surface area contributed by atoms with Crippen molar-refractivity contribution in [3.05, 3.63) is 33.2 Å². The first-order valence-corrected chi connectivity index (χ1v) is 6.71. The number of hydrogen-bond donors (Lipinski definition) is 0. The van der Waals surface area contributed by atoms with E-state index in [4.69, 9.17) is 16.0 Å². The zero-order valence-corrected chi connectivity index (χ0v) is 11.4. The third kappa shape index (κ3) is 2.00. The summed E-state index contributed by atoms with van der Waals surface area (Å²) in [6, 6.07) is 1.83. The molecule has 0 atom stereocenters. The Hall–Kier alpha value is -0.870. The molecule has 0 fully saturated rings. The van der Waals surface area contributed by atoms with Crippen LogP contribution in [0.15, 0.2) is 21.2 Å². The molecule has 0 saturated carbocycles. The fourth-order valence-corrected chi connectivity index (χ4v) is 2.77. The highest BCUT2D eigenvalue weighted by Gasteiger charge is 2.19. The van der Waals surface area contributed by atoms with Crippen molar-refractivity contribution in [3.63, 3.8) is 0 Å². The van der Waals surface area contributed by atoms with Crippen molar-refractivity contribution >= 4 is 27.5 Å². The van der Waals surface area contributed by atoms with E-state index in [1.807, 2.05) is 6.07 Å². The van der Waals surface area contributed by atoms with Gasteiger partial charge in [0.1, 0.15) is 5.15 Å². The standard InChI is InChI=1S/C12H10BrClN2O/c13-8-5-6-17-10(8)12-15-9-4-2-1-3-7(9)11(14)16-12/h5-6H,1-4H2. The Labute approximate surface area is 112 Å². The van der Waals surface area contributed by atoms with Crippen LogP contribution in [0, 0.1) is 0 Å². The van der Waals surface area contributed by atoms with Gasteiger partial charge in [-0.1, -0.05) is 11.6 Å². The molecular formula is C12H10BrClN2O. The van der Waals surface area contributed by atoms with E-state index < -0.39 is 0 Å². The first-order valence-electron chi connectivity index (χ1n) is 5.54. The Morgan fingerprint density at radius 3 is 2.82 bits per heavy atom. The number of halogens is 2. The molecule has 0 spiro atoms. The second-order valence-electron chi connectivity index (χ2n) is 4.07. The molecule has 0 aromatic carbocycles. The Kier molecular flexibility index (Phi) is 2.92. The van der Waals surface area contributed by atoms with E-state index in [1.54, 1.807) is 6.26 Å². The molecule has 2 aromatic heterocycles. The number of aryl methyl sites for hydroxylation is 1. The van der Waals surface area contributed by atoms with Crippen molar-refractivity contribution in [1.29, 1.82) is 0 Å². The van der Waals surface area contributed by atoms with Crippen LogP contribution >= 0.6 is 27.5 Å². The molecule has 0 N–H and O–H groups in total. The first-order chi connectivity index (χ1) is 8.25. The van der Waals surface area contributed by atoms with Gasteiger partial charge in [-0.3, -0.25) is 0 Å². The van der Waals surface area contributed by atoms with Crippen LogP contribution in [0.1, 0.15) is 24.1 Å². The summed E-state index contributed by atoms with van der Waals surface area (Å²) in [4.78, 5) is 8.88. The Morgan fingerprint density at radius 1 is 1.24 bits per heavy atom. The summed E-state index contributed by atoms with van der Waals surface area (Å²) in [5, 5.41) is 0.563. The highest BCUT2D eigenvalue weighted by atomic mass is 79.9. The smallest absolute Gasteiger partial charge is 0.198 e. The summed E-state index contributed by atoms with van der Waals surface area (Å²) in [6.45, 7) is 0. The van der Waals surface area contributed by atoms with Crippen molar-refractivity contribution < 1.29 is 4.42 Å². The summed E-state index contributed by atoms with van der Waals surface area (Å²) >= 11 is 9.62. The molecule has 0 radical (unpaired) electrons. The molecule has 0 amide bonds. The number of aromatic nitrogens is 2. The van der Waals surface area contributed by atoms with Crippen molar-refractivity contribution in [2.45, 2.75) is 25.7 Å². The second-order valence-corrected chi connectivity index (χ2v) is 5.28. The molecule has 3 rings (SSSR count). The summed E-state index contributed by atoms with van der Waals surface area (Å²) in [5.41, 5.74) is 2.17. The van der Waals surface area contributed by atoms with E-state index in [-0.39, 0.29) is 0 Å². The lowest BCUT2D eigenvalue weighted by Crippen LogP contribution is -2.08. The number of rotatable bonds is 1. The number of furan rings is 1. The molecule has 3 nitrogen and oxygen atoms in total. The fraction of sp³-hybridized carbons (Fsp3) is 0.333. The topological polar surface area (TPSA) is 38.9 Å². The molecule has 2 aromatic rings. The first kappa shape index (κ1) is 11.2. The number of hydrogen-bond acceptors (Lipinski definition) is 3. The van der Waals surface area contributed by atoms with E-state index in [9.17, 15) is 0 Å². The van der Waals surface area contributed by atoms with Gasteiger partial charge in [0, 0.05) is 11.3 Å². The lowest BCUT2D eigenvalue weighted by molar-refractivity contribution is 0.573. The van der Waals surface area contributed by atoms with E-state index in [0.29, 0.717) is 16.7 Å². The minimum atomic E-state index is 0.563. The monoisotopic (exact) mass is 312 g/mol. The summed E-state index contributed by atoms with van der Waals surface area (Å²) in [6.07, 6.45) is 5.89. The molecule has 1 aliphatic rings. The maximum Gasteiger partial charge on any atom is 0.198 e. The third-order valence-corrected chi connectivity index (χ3v) is 3.89. The van der Waals surface area contributed by atoms with Crippen molar-refractivity contribution in [3.8, 4) is 11.6 Å². The van der Waals surface area contributed by atoms with Gasteiger partial charge in [-0.05, 0) is 47.7 Å². The average molecular weight is 314 g/mol. The Bertz CT molecular complexity index is 568. The largest absolute Gasteiger partial charge is 0.460 e. The highest BCUT2D eigenvalue weighted by molar-refractivity contribution is 9.10. The predicted molar refractivity (Wildman–Crippen MR) is 69.1 cm³/mol. The van der Waals surface area contributed by atoms with Gasteiger partial charge in [0.25, 0.3) is 0 Å². The lowest BCUT2D eigenvalue weighted by Gasteiger charge is -2.15. The molecule has 17 heavy (non-hydrogen) atoms. The van der Waals surface area contributed by atoms with Gasteiger partial charge in [0.15, 0.2) is 11.6 Å².